The summed E-state index contributed by atoms with van der Waals surface area (Å²) in [5.74, 6) is 2.75. The zero-order valence-corrected chi connectivity index (χ0v) is 11.4. The van der Waals surface area contributed by atoms with Crippen molar-refractivity contribution in [3.05, 3.63) is 24.3 Å². The number of amides is 1. The molecule has 1 N–H and O–H groups in total. The van der Waals surface area contributed by atoms with Gasteiger partial charge in [0.1, 0.15) is 6.61 Å². The van der Waals surface area contributed by atoms with Gasteiger partial charge in [0, 0.05) is 6.04 Å². The Morgan fingerprint density at radius 1 is 1.10 bits per heavy atom. The van der Waals surface area contributed by atoms with Gasteiger partial charge >= 0.3 is 0 Å². The topological polar surface area (TPSA) is 47.6 Å². The number of ether oxygens (including phenoxy) is 2. The van der Waals surface area contributed by atoms with E-state index in [0.717, 1.165) is 5.75 Å². The highest BCUT2D eigenvalue weighted by Gasteiger charge is 2.43. The van der Waals surface area contributed by atoms with Gasteiger partial charge in [-0.3, -0.25) is 4.79 Å². The molecule has 106 valence electrons. The Balaban J connectivity index is 1.41. The fraction of sp³-hybridized carbons (Fsp3) is 0.562. The third-order valence-electron chi connectivity index (χ3n) is 4.37. The monoisotopic (exact) mass is 273 g/mol. The predicted octanol–water partition coefficient (Wildman–Crippen LogP) is 2.13. The quantitative estimate of drug-likeness (QED) is 0.914. The van der Waals surface area contributed by atoms with E-state index >= 15 is 0 Å². The minimum Gasteiger partial charge on any atom is -0.485 e. The van der Waals surface area contributed by atoms with Crippen molar-refractivity contribution < 1.29 is 14.3 Å². The minimum absolute atomic E-state index is 0.0247. The Bertz CT molecular complexity index is 510. The Morgan fingerprint density at radius 2 is 1.75 bits per heavy atom. The average molecular weight is 273 g/mol. The summed E-state index contributed by atoms with van der Waals surface area (Å²) in [6.07, 6.45) is 4.50. The predicted molar refractivity (Wildman–Crippen MR) is 73.7 cm³/mol. The van der Waals surface area contributed by atoms with E-state index in [-0.39, 0.29) is 5.91 Å². The summed E-state index contributed by atoms with van der Waals surface area (Å²) < 4.78 is 11.4. The van der Waals surface area contributed by atoms with Gasteiger partial charge in [-0.15, -0.1) is 0 Å². The molecule has 0 saturated heterocycles. The molecule has 1 aromatic rings. The van der Waals surface area contributed by atoms with Crippen LogP contribution in [-0.2, 0) is 4.79 Å². The second kappa shape index (κ2) is 4.69. The maximum atomic E-state index is 12.4. The maximum absolute atomic E-state index is 12.4. The first kappa shape index (κ1) is 12.1. The van der Waals surface area contributed by atoms with Crippen LogP contribution >= 0.6 is 0 Å². The fourth-order valence-electron chi connectivity index (χ4n) is 2.94. The molecule has 4 rings (SSSR count). The fourth-order valence-corrected chi connectivity index (χ4v) is 2.94. The van der Waals surface area contributed by atoms with Gasteiger partial charge in [-0.1, -0.05) is 12.1 Å². The molecule has 1 heterocycles. The lowest BCUT2D eigenvalue weighted by Gasteiger charge is -2.27. The Hall–Kier alpha value is -1.71. The van der Waals surface area contributed by atoms with Gasteiger partial charge in [-0.25, -0.2) is 0 Å². The van der Waals surface area contributed by atoms with Crippen LogP contribution in [-0.4, -0.2) is 24.7 Å². The van der Waals surface area contributed by atoms with Crippen molar-refractivity contribution in [1.82, 2.24) is 5.32 Å². The average Bonchev–Trinajstić information content (AvgIpc) is 3.37. The molecule has 4 heteroatoms. The maximum Gasteiger partial charge on any atom is 0.264 e. The molecular formula is C16H19NO3. The largest absolute Gasteiger partial charge is 0.485 e. The summed E-state index contributed by atoms with van der Waals surface area (Å²) in [6.45, 7) is 0.297. The molecule has 1 aliphatic heterocycles. The van der Waals surface area contributed by atoms with Gasteiger partial charge in [0.25, 0.3) is 5.91 Å². The van der Waals surface area contributed by atoms with Gasteiger partial charge in [-0.2, -0.15) is 0 Å². The second-order valence-corrected chi connectivity index (χ2v) is 6.07. The van der Waals surface area contributed by atoms with Crippen LogP contribution in [0.4, 0.5) is 0 Å². The van der Waals surface area contributed by atoms with Crippen molar-refractivity contribution >= 4 is 5.91 Å². The summed E-state index contributed by atoms with van der Waals surface area (Å²) >= 11 is 0. The standard InChI is InChI=1S/C16H19NO3/c18-16(17-15(10-5-6-10)11-7-8-11)14-9-19-12-3-1-2-4-13(12)20-14/h1-4,10-11,14-15H,5-9H2,(H,17,18)/t14-/m1/s1. The molecule has 1 amide bonds. The molecule has 3 aliphatic rings. The van der Waals surface area contributed by atoms with Crippen LogP contribution in [0, 0.1) is 11.8 Å². The molecule has 1 aromatic carbocycles. The lowest BCUT2D eigenvalue weighted by atomic mass is 10.1. The molecule has 4 nitrogen and oxygen atoms in total. The third kappa shape index (κ3) is 2.35. The number of rotatable bonds is 4. The zero-order valence-electron chi connectivity index (χ0n) is 11.4. The third-order valence-corrected chi connectivity index (χ3v) is 4.37. The highest BCUT2D eigenvalue weighted by atomic mass is 16.6. The van der Waals surface area contributed by atoms with Crippen LogP contribution in [0.15, 0.2) is 24.3 Å². The highest BCUT2D eigenvalue weighted by molar-refractivity contribution is 5.82. The zero-order chi connectivity index (χ0) is 13.5. The smallest absolute Gasteiger partial charge is 0.264 e. The van der Waals surface area contributed by atoms with Crippen molar-refractivity contribution in [3.63, 3.8) is 0 Å². The molecule has 0 radical (unpaired) electrons. The van der Waals surface area contributed by atoms with Crippen LogP contribution < -0.4 is 14.8 Å². The normalized spacial score (nSPS) is 24.6. The van der Waals surface area contributed by atoms with Crippen LogP contribution in [0.5, 0.6) is 11.5 Å². The minimum atomic E-state index is -0.523. The van der Waals surface area contributed by atoms with E-state index in [4.69, 9.17) is 9.47 Å². The Morgan fingerprint density at radius 3 is 2.40 bits per heavy atom. The van der Waals surface area contributed by atoms with Gasteiger partial charge in [0.05, 0.1) is 0 Å². The summed E-state index contributed by atoms with van der Waals surface area (Å²) in [6, 6.07) is 7.86. The second-order valence-electron chi connectivity index (χ2n) is 6.07. The number of nitrogens with one attached hydrogen (secondary N) is 1. The first-order valence-corrected chi connectivity index (χ1v) is 7.50. The van der Waals surface area contributed by atoms with Crippen molar-refractivity contribution in [3.8, 4) is 11.5 Å². The van der Waals surface area contributed by atoms with Gasteiger partial charge in [0.15, 0.2) is 11.5 Å². The van der Waals surface area contributed by atoms with E-state index < -0.39 is 6.10 Å². The molecule has 0 spiro atoms. The van der Waals surface area contributed by atoms with E-state index in [1.807, 2.05) is 24.3 Å². The molecule has 2 fully saturated rings. The molecule has 0 aromatic heterocycles. The SMILES string of the molecule is O=C(NC(C1CC1)C1CC1)[C@H]1COc2ccccc2O1. The van der Waals surface area contributed by atoms with Gasteiger partial charge in [0.2, 0.25) is 6.10 Å². The first-order valence-electron chi connectivity index (χ1n) is 7.50. The van der Waals surface area contributed by atoms with Crippen LogP contribution in [0.1, 0.15) is 25.7 Å². The first-order chi connectivity index (χ1) is 9.81. The van der Waals surface area contributed by atoms with E-state index in [9.17, 15) is 4.79 Å². The van der Waals surface area contributed by atoms with E-state index in [0.29, 0.717) is 30.2 Å². The molecule has 20 heavy (non-hydrogen) atoms. The van der Waals surface area contributed by atoms with Crippen molar-refractivity contribution in [2.24, 2.45) is 11.8 Å². The van der Waals surface area contributed by atoms with Crippen molar-refractivity contribution in [2.75, 3.05) is 6.61 Å². The number of hydrogen-bond donors (Lipinski definition) is 1. The van der Waals surface area contributed by atoms with E-state index in [1.165, 1.54) is 25.7 Å². The molecular weight excluding hydrogens is 254 g/mol. The summed E-state index contributed by atoms with van der Waals surface area (Å²) in [4.78, 5) is 12.4. The van der Waals surface area contributed by atoms with Crippen molar-refractivity contribution in [2.45, 2.75) is 37.8 Å². The lowest BCUT2D eigenvalue weighted by molar-refractivity contribution is -0.131. The molecule has 2 aliphatic carbocycles. The van der Waals surface area contributed by atoms with Crippen LogP contribution in [0.3, 0.4) is 0 Å². The number of fused-ring (bicyclic) bond motifs is 1. The number of benzene rings is 1. The molecule has 1 atom stereocenters. The summed E-state index contributed by atoms with van der Waals surface area (Å²) in [7, 11) is 0. The van der Waals surface area contributed by atoms with Crippen LogP contribution in [0.25, 0.3) is 0 Å². The van der Waals surface area contributed by atoms with Gasteiger partial charge < -0.3 is 14.8 Å². The van der Waals surface area contributed by atoms with Crippen LogP contribution in [0.2, 0.25) is 0 Å². The van der Waals surface area contributed by atoms with Gasteiger partial charge in [-0.05, 0) is 49.7 Å². The number of carbonyl (C=O) groups excluding carboxylic acids is 1. The molecule has 0 unspecified atom stereocenters. The Kier molecular flexibility index (Phi) is 2.83. The number of hydrogen-bond acceptors (Lipinski definition) is 3. The number of carbonyl (C=O) groups is 1. The summed E-state index contributed by atoms with van der Waals surface area (Å²) in [5.41, 5.74) is 0. The Labute approximate surface area is 118 Å². The number of para-hydroxylation sites is 2. The highest BCUT2D eigenvalue weighted by Crippen LogP contribution is 2.44. The molecule has 0 bridgehead atoms. The molecule has 2 saturated carbocycles. The lowest BCUT2D eigenvalue weighted by Crippen LogP contribution is -2.49. The van der Waals surface area contributed by atoms with E-state index in [2.05, 4.69) is 5.32 Å². The van der Waals surface area contributed by atoms with E-state index in [1.54, 1.807) is 0 Å². The van der Waals surface area contributed by atoms with Crippen molar-refractivity contribution in [1.29, 1.82) is 0 Å². The summed E-state index contributed by atoms with van der Waals surface area (Å²) in [5, 5.41) is 3.20.